The fraction of sp³-hybridized carbons (Fsp3) is 0.0172. The highest BCUT2D eigenvalue weighted by Crippen LogP contribution is 2.59. The lowest BCUT2D eigenvalue weighted by molar-refractivity contribution is 0.769. The van der Waals surface area contributed by atoms with Crippen LogP contribution in [-0.2, 0) is 5.41 Å². The topological polar surface area (TPSA) is 38.7 Å². The minimum Gasteiger partial charge on any atom is -0.208 e. The molecule has 0 saturated heterocycles. The molecule has 0 bridgehead atoms. The van der Waals surface area contributed by atoms with Gasteiger partial charge in [-0.2, -0.15) is 0 Å². The van der Waals surface area contributed by atoms with Crippen LogP contribution in [-0.4, -0.2) is 15.0 Å². The average Bonchev–Trinajstić information content (AvgIpc) is 3.89. The minimum absolute atomic E-state index is 0.626. The predicted octanol–water partition coefficient (Wildman–Crippen LogP) is 14.9. The highest BCUT2D eigenvalue weighted by molar-refractivity contribution is 7.26. The Labute approximate surface area is 364 Å². The summed E-state index contributed by atoms with van der Waals surface area (Å²) in [6.07, 6.45) is 0. The number of rotatable bonds is 7. The summed E-state index contributed by atoms with van der Waals surface area (Å²) in [5.41, 5.74) is 14.0. The summed E-state index contributed by atoms with van der Waals surface area (Å²) >= 11 is 1.86. The Bertz CT molecular complexity index is 3390. The van der Waals surface area contributed by atoms with Gasteiger partial charge in [-0.3, -0.25) is 0 Å². The summed E-state index contributed by atoms with van der Waals surface area (Å²) in [5, 5.41) is 2.54. The second-order valence-corrected chi connectivity index (χ2v) is 16.9. The molecule has 4 heteroatoms. The van der Waals surface area contributed by atoms with Gasteiger partial charge in [-0.25, -0.2) is 15.0 Å². The molecule has 0 unspecified atom stereocenters. The molecular formula is C58H37N3S. The number of fused-ring (bicyclic) bond motifs is 6. The third kappa shape index (κ3) is 5.76. The molecule has 2 aromatic heterocycles. The number of hydrogen-bond acceptors (Lipinski definition) is 4. The molecule has 2 heterocycles. The number of hydrogen-bond donors (Lipinski definition) is 0. The lowest BCUT2D eigenvalue weighted by Crippen LogP contribution is -2.28. The lowest BCUT2D eigenvalue weighted by Gasteiger charge is -2.34. The van der Waals surface area contributed by atoms with Crippen molar-refractivity contribution in [1.29, 1.82) is 0 Å². The van der Waals surface area contributed by atoms with Gasteiger partial charge in [0.15, 0.2) is 17.5 Å². The largest absolute Gasteiger partial charge is 0.208 e. The van der Waals surface area contributed by atoms with Gasteiger partial charge in [-0.05, 0) is 73.8 Å². The van der Waals surface area contributed by atoms with E-state index in [1.54, 1.807) is 0 Å². The van der Waals surface area contributed by atoms with Crippen molar-refractivity contribution >= 4 is 31.5 Å². The van der Waals surface area contributed by atoms with Crippen LogP contribution in [0.25, 0.3) is 87.7 Å². The Morgan fingerprint density at radius 1 is 0.323 bits per heavy atom. The first-order valence-corrected chi connectivity index (χ1v) is 21.8. The van der Waals surface area contributed by atoms with E-state index in [0.29, 0.717) is 17.5 Å². The van der Waals surface area contributed by atoms with Crippen molar-refractivity contribution in [3.8, 4) is 67.5 Å². The van der Waals surface area contributed by atoms with Crippen LogP contribution >= 0.6 is 11.3 Å². The highest BCUT2D eigenvalue weighted by Gasteiger charge is 2.47. The zero-order valence-electron chi connectivity index (χ0n) is 33.6. The molecule has 0 fully saturated rings. The summed E-state index contributed by atoms with van der Waals surface area (Å²) in [5.74, 6) is 1.89. The summed E-state index contributed by atoms with van der Waals surface area (Å²) in [6.45, 7) is 0. The van der Waals surface area contributed by atoms with Gasteiger partial charge >= 0.3 is 0 Å². The molecule has 62 heavy (non-hydrogen) atoms. The number of thiophene rings is 1. The van der Waals surface area contributed by atoms with Crippen molar-refractivity contribution in [2.75, 3.05) is 0 Å². The van der Waals surface area contributed by atoms with Crippen molar-refractivity contribution in [3.63, 3.8) is 0 Å². The van der Waals surface area contributed by atoms with E-state index in [9.17, 15) is 0 Å². The van der Waals surface area contributed by atoms with Gasteiger partial charge < -0.3 is 0 Å². The van der Waals surface area contributed by atoms with E-state index in [2.05, 4.69) is 200 Å². The van der Waals surface area contributed by atoms with Crippen LogP contribution in [0.4, 0.5) is 0 Å². The van der Waals surface area contributed by atoms with Crippen molar-refractivity contribution in [3.05, 3.63) is 247 Å². The Kier molecular flexibility index (Phi) is 8.58. The first-order chi connectivity index (χ1) is 30.7. The lowest BCUT2D eigenvalue weighted by atomic mass is 9.67. The van der Waals surface area contributed by atoms with E-state index in [1.165, 1.54) is 59.1 Å². The maximum absolute atomic E-state index is 5.46. The molecular weight excluding hydrogens is 771 g/mol. The second-order valence-electron chi connectivity index (χ2n) is 15.9. The molecule has 290 valence electrons. The highest BCUT2D eigenvalue weighted by atomic mass is 32.1. The van der Waals surface area contributed by atoms with Gasteiger partial charge in [0.05, 0.1) is 5.41 Å². The van der Waals surface area contributed by atoms with Gasteiger partial charge in [0.2, 0.25) is 0 Å². The maximum Gasteiger partial charge on any atom is 0.164 e. The molecule has 0 amide bonds. The Balaban J connectivity index is 1.19. The van der Waals surface area contributed by atoms with Crippen molar-refractivity contribution in [2.24, 2.45) is 0 Å². The second kappa shape index (κ2) is 14.7. The average molecular weight is 808 g/mol. The maximum atomic E-state index is 5.46. The number of benzene rings is 9. The molecule has 0 radical (unpaired) electrons. The van der Waals surface area contributed by atoms with E-state index in [1.807, 2.05) is 35.6 Å². The van der Waals surface area contributed by atoms with Crippen LogP contribution in [0.3, 0.4) is 0 Å². The van der Waals surface area contributed by atoms with Crippen LogP contribution in [0, 0.1) is 0 Å². The third-order valence-electron chi connectivity index (χ3n) is 12.4. The fourth-order valence-electron chi connectivity index (χ4n) is 9.66. The van der Waals surface area contributed by atoms with Gasteiger partial charge in [0, 0.05) is 36.9 Å². The van der Waals surface area contributed by atoms with E-state index in [-0.39, 0.29) is 0 Å². The van der Waals surface area contributed by atoms with Crippen LogP contribution in [0.5, 0.6) is 0 Å². The van der Waals surface area contributed by atoms with Gasteiger partial charge in [-0.1, -0.05) is 206 Å². The van der Waals surface area contributed by atoms with E-state index in [0.717, 1.165) is 33.4 Å². The number of nitrogens with zero attached hydrogens (tertiary/aromatic N) is 3. The standard InChI is InChI=1S/C58H37N3S/c1-5-18-38(19-6-1)39-32-34-41(35-33-39)56-59-55(40-20-7-2-8-21-40)60-57(61-56)49-36-42(45-28-17-29-47-46-26-14-16-31-52(46)62-54(45)47)37-51-53(49)48-27-13-15-30-50(48)58(51,43-22-9-3-10-23-43)44-24-11-4-12-25-44/h1-37H. The zero-order chi connectivity index (χ0) is 41.0. The van der Waals surface area contributed by atoms with Gasteiger partial charge in [-0.15, -0.1) is 11.3 Å². The van der Waals surface area contributed by atoms with Gasteiger partial charge in [0.25, 0.3) is 0 Å². The molecule has 0 saturated carbocycles. The summed E-state index contributed by atoms with van der Waals surface area (Å²) in [4.78, 5) is 16.1. The molecule has 11 aromatic rings. The first kappa shape index (κ1) is 36.1. The Morgan fingerprint density at radius 2 is 0.823 bits per heavy atom. The smallest absolute Gasteiger partial charge is 0.164 e. The molecule has 0 N–H and O–H groups in total. The minimum atomic E-state index is -0.626. The molecule has 0 atom stereocenters. The van der Waals surface area contributed by atoms with Crippen molar-refractivity contribution in [1.82, 2.24) is 15.0 Å². The molecule has 1 aliphatic rings. The Morgan fingerprint density at radius 3 is 1.52 bits per heavy atom. The molecule has 1 aliphatic carbocycles. The zero-order valence-corrected chi connectivity index (χ0v) is 34.4. The normalized spacial score (nSPS) is 12.6. The van der Waals surface area contributed by atoms with E-state index < -0.39 is 5.41 Å². The monoisotopic (exact) mass is 807 g/mol. The molecule has 12 rings (SSSR count). The quantitative estimate of drug-likeness (QED) is 0.161. The fourth-order valence-corrected chi connectivity index (χ4v) is 10.9. The van der Waals surface area contributed by atoms with Crippen molar-refractivity contribution < 1.29 is 0 Å². The molecule has 0 aliphatic heterocycles. The number of aromatic nitrogens is 3. The molecule has 0 spiro atoms. The first-order valence-electron chi connectivity index (χ1n) is 21.0. The van der Waals surface area contributed by atoms with Crippen LogP contribution in [0.1, 0.15) is 22.3 Å². The molecule has 9 aromatic carbocycles. The van der Waals surface area contributed by atoms with E-state index >= 15 is 0 Å². The van der Waals surface area contributed by atoms with Crippen LogP contribution in [0.2, 0.25) is 0 Å². The Hall–Kier alpha value is -7.79. The molecule has 3 nitrogen and oxygen atoms in total. The summed E-state index contributed by atoms with van der Waals surface area (Å²) in [7, 11) is 0. The van der Waals surface area contributed by atoms with Crippen molar-refractivity contribution in [2.45, 2.75) is 5.41 Å². The summed E-state index contributed by atoms with van der Waals surface area (Å²) in [6, 6.07) is 80.5. The third-order valence-corrected chi connectivity index (χ3v) is 13.7. The SMILES string of the molecule is c1ccc(-c2ccc(-c3nc(-c4ccccc4)nc(-c4cc(-c5cccc6c5sc5ccccc56)cc5c4-c4ccccc4C5(c4ccccc4)c4ccccc4)n3)cc2)cc1. The van der Waals surface area contributed by atoms with Gasteiger partial charge in [0.1, 0.15) is 0 Å². The van der Waals surface area contributed by atoms with E-state index in [4.69, 9.17) is 15.0 Å². The summed E-state index contributed by atoms with van der Waals surface area (Å²) < 4.78 is 2.54. The van der Waals surface area contributed by atoms with Crippen LogP contribution in [0.15, 0.2) is 224 Å². The van der Waals surface area contributed by atoms with Crippen LogP contribution < -0.4 is 0 Å². The predicted molar refractivity (Wildman–Crippen MR) is 257 cm³/mol.